The first-order chi connectivity index (χ1) is 18.4. The first-order valence-corrected chi connectivity index (χ1v) is 12.6. The van der Waals surface area contributed by atoms with Crippen molar-refractivity contribution < 1.29 is 22.7 Å². The van der Waals surface area contributed by atoms with Crippen molar-refractivity contribution in [3.63, 3.8) is 0 Å². The number of methoxy groups -OCH3 is 1. The zero-order valence-electron chi connectivity index (χ0n) is 24.0. The summed E-state index contributed by atoms with van der Waals surface area (Å²) in [6, 6.07) is 6.37. The van der Waals surface area contributed by atoms with Crippen molar-refractivity contribution in [2.45, 2.75) is 53.8 Å². The van der Waals surface area contributed by atoms with E-state index in [9.17, 15) is 18.0 Å². The Hall–Kier alpha value is -3.65. The summed E-state index contributed by atoms with van der Waals surface area (Å²) < 4.78 is 42.4. The van der Waals surface area contributed by atoms with E-state index in [4.69, 9.17) is 4.74 Å². The second-order valence-electron chi connectivity index (χ2n) is 8.48. The Kier molecular flexibility index (Phi) is 16.8. The lowest BCUT2D eigenvalue weighted by molar-refractivity contribution is -0.127. The zero-order chi connectivity index (χ0) is 30.0. The van der Waals surface area contributed by atoms with Gasteiger partial charge in [0.2, 0.25) is 5.91 Å². The number of carbonyl (C=O) groups is 1. The van der Waals surface area contributed by atoms with E-state index in [2.05, 4.69) is 30.2 Å². The van der Waals surface area contributed by atoms with Crippen molar-refractivity contribution in [2.75, 3.05) is 20.3 Å². The number of alkyl halides is 3. The van der Waals surface area contributed by atoms with Gasteiger partial charge in [-0.2, -0.15) is 18.3 Å². The Balaban J connectivity index is 0.000000858. The number of hydrogen-bond acceptors (Lipinski definition) is 3. The van der Waals surface area contributed by atoms with E-state index < -0.39 is 12.6 Å². The first kappa shape index (κ1) is 35.4. The van der Waals surface area contributed by atoms with E-state index >= 15 is 0 Å². The molecule has 1 amide bonds. The van der Waals surface area contributed by atoms with Crippen molar-refractivity contribution in [1.82, 2.24) is 15.1 Å². The fourth-order valence-electron chi connectivity index (χ4n) is 3.36. The lowest BCUT2D eigenvalue weighted by Gasteiger charge is -2.16. The standard InChI is InChI=1S/C20H27N3O2.C9H9F3.C2H6/c1-7-9-18(17-13-22-23(14-17)10-11-25-6)20(15(3)4)16(5)12-21-19(24)8-2;1-7-2-4-8(5-3-7)6-9(10,11)12;1-2/h7-9,13-14H,1-2,5,10-12H2,3-4,6H3,(H,21,24);2-5H,6H2,1H3;1-2H3/b18-9-;;. The van der Waals surface area contributed by atoms with Crippen molar-refractivity contribution in [3.8, 4) is 0 Å². The number of aromatic nitrogens is 2. The van der Waals surface area contributed by atoms with Gasteiger partial charge in [-0.3, -0.25) is 9.48 Å². The minimum absolute atomic E-state index is 0.226. The van der Waals surface area contributed by atoms with Crippen LogP contribution in [0.15, 0.2) is 91.3 Å². The molecule has 0 saturated carbocycles. The van der Waals surface area contributed by atoms with Gasteiger partial charge in [0.25, 0.3) is 0 Å². The average Bonchev–Trinajstić information content (AvgIpc) is 3.36. The molecular weight excluding hydrogens is 503 g/mol. The van der Waals surface area contributed by atoms with Crippen LogP contribution in [0.4, 0.5) is 13.2 Å². The van der Waals surface area contributed by atoms with Gasteiger partial charge in [-0.15, -0.1) is 0 Å². The lowest BCUT2D eigenvalue weighted by Crippen LogP contribution is -2.23. The van der Waals surface area contributed by atoms with Crippen LogP contribution < -0.4 is 5.32 Å². The van der Waals surface area contributed by atoms with Crippen LogP contribution in [0.1, 0.15) is 44.4 Å². The number of ether oxygens (including phenoxy) is 1. The van der Waals surface area contributed by atoms with Gasteiger partial charge in [0, 0.05) is 25.4 Å². The van der Waals surface area contributed by atoms with Crippen molar-refractivity contribution >= 4 is 11.5 Å². The molecule has 2 aromatic rings. The maximum Gasteiger partial charge on any atom is 0.393 e. The predicted molar refractivity (Wildman–Crippen MR) is 155 cm³/mol. The SMILES string of the molecule is C=C/C=C(\C(C(=C)CNC(=O)C=C)=C(C)C)c1cnn(CCOC)c1.CC.Cc1ccc(CC(F)(F)F)cc1. The molecule has 1 aromatic heterocycles. The maximum atomic E-state index is 11.8. The normalized spacial score (nSPS) is 10.7. The Morgan fingerprint density at radius 3 is 2.26 bits per heavy atom. The molecule has 1 aromatic carbocycles. The van der Waals surface area contributed by atoms with Crippen molar-refractivity contribution in [1.29, 1.82) is 0 Å². The molecule has 0 spiro atoms. The van der Waals surface area contributed by atoms with E-state index in [1.807, 2.05) is 57.8 Å². The van der Waals surface area contributed by atoms with Gasteiger partial charge in [-0.1, -0.05) is 81.1 Å². The quantitative estimate of drug-likeness (QED) is 0.236. The average molecular weight is 546 g/mol. The Morgan fingerprint density at radius 1 is 1.15 bits per heavy atom. The molecule has 0 radical (unpaired) electrons. The fourth-order valence-corrected chi connectivity index (χ4v) is 3.36. The second-order valence-corrected chi connectivity index (χ2v) is 8.48. The molecule has 0 unspecified atom stereocenters. The highest BCUT2D eigenvalue weighted by molar-refractivity contribution is 5.88. The molecule has 1 N–H and O–H groups in total. The van der Waals surface area contributed by atoms with Gasteiger partial charge in [0.05, 0.1) is 25.8 Å². The summed E-state index contributed by atoms with van der Waals surface area (Å²) >= 11 is 0. The Bertz CT molecular complexity index is 1120. The maximum absolute atomic E-state index is 11.8. The monoisotopic (exact) mass is 545 g/mol. The predicted octanol–water partition coefficient (Wildman–Crippen LogP) is 7.42. The molecule has 0 saturated heterocycles. The van der Waals surface area contributed by atoms with E-state index in [0.717, 1.165) is 33.4 Å². The van der Waals surface area contributed by atoms with E-state index in [1.165, 1.54) is 18.2 Å². The van der Waals surface area contributed by atoms with Gasteiger partial charge < -0.3 is 10.1 Å². The molecule has 8 heteroatoms. The number of amides is 1. The highest BCUT2D eigenvalue weighted by Gasteiger charge is 2.27. The van der Waals surface area contributed by atoms with Gasteiger partial charge in [-0.25, -0.2) is 0 Å². The third kappa shape index (κ3) is 14.2. The highest BCUT2D eigenvalue weighted by Crippen LogP contribution is 2.30. The van der Waals surface area contributed by atoms with E-state index in [-0.39, 0.29) is 5.91 Å². The van der Waals surface area contributed by atoms with Crippen molar-refractivity contribution in [3.05, 3.63) is 108 Å². The second kappa shape index (κ2) is 18.6. The fraction of sp³-hybridized carbons (Fsp3) is 0.355. The van der Waals surface area contributed by atoms with Crippen LogP contribution in [0.2, 0.25) is 0 Å². The number of nitrogens with one attached hydrogen (secondary N) is 1. The number of aryl methyl sites for hydroxylation is 1. The van der Waals surface area contributed by atoms with Gasteiger partial charge >= 0.3 is 6.18 Å². The van der Waals surface area contributed by atoms with Gasteiger partial charge in [0.15, 0.2) is 0 Å². The Morgan fingerprint density at radius 2 is 1.77 bits per heavy atom. The summed E-state index contributed by atoms with van der Waals surface area (Å²) in [4.78, 5) is 11.4. The van der Waals surface area contributed by atoms with Crippen LogP contribution in [-0.4, -0.2) is 42.1 Å². The molecule has 0 fully saturated rings. The third-order valence-corrected chi connectivity index (χ3v) is 5.06. The van der Waals surface area contributed by atoms with Crippen LogP contribution in [0.25, 0.3) is 5.57 Å². The molecule has 0 aliphatic carbocycles. The number of nitrogens with zero attached hydrogens (tertiary/aromatic N) is 2. The van der Waals surface area contributed by atoms with Gasteiger partial charge in [0.1, 0.15) is 0 Å². The number of carbonyl (C=O) groups excluding carboxylic acids is 1. The number of allylic oxidation sites excluding steroid dienone is 4. The summed E-state index contributed by atoms with van der Waals surface area (Å²) in [5.41, 5.74) is 6.10. The zero-order valence-corrected chi connectivity index (χ0v) is 24.0. The first-order valence-electron chi connectivity index (χ1n) is 12.6. The lowest BCUT2D eigenvalue weighted by atomic mass is 9.90. The summed E-state index contributed by atoms with van der Waals surface area (Å²) in [6.45, 7) is 22.9. The molecule has 0 bridgehead atoms. The van der Waals surface area contributed by atoms with Crippen LogP contribution in [0.3, 0.4) is 0 Å². The smallest absolute Gasteiger partial charge is 0.383 e. The molecule has 2 rings (SSSR count). The molecule has 39 heavy (non-hydrogen) atoms. The largest absolute Gasteiger partial charge is 0.393 e. The minimum Gasteiger partial charge on any atom is -0.383 e. The van der Waals surface area contributed by atoms with E-state index in [1.54, 1.807) is 25.3 Å². The molecule has 0 aliphatic rings. The van der Waals surface area contributed by atoms with Gasteiger partial charge in [-0.05, 0) is 49.1 Å². The minimum atomic E-state index is -4.10. The number of halogens is 3. The van der Waals surface area contributed by atoms with Crippen LogP contribution >= 0.6 is 0 Å². The Labute approximate surface area is 231 Å². The number of hydrogen-bond donors (Lipinski definition) is 1. The summed E-state index contributed by atoms with van der Waals surface area (Å²) in [6.07, 6.45) is 3.75. The van der Waals surface area contributed by atoms with Crippen LogP contribution in [0, 0.1) is 6.92 Å². The molecule has 5 nitrogen and oxygen atoms in total. The van der Waals surface area contributed by atoms with E-state index in [0.29, 0.717) is 25.3 Å². The molecule has 1 heterocycles. The molecular formula is C31H42F3N3O2. The number of benzene rings is 1. The van der Waals surface area contributed by atoms with Crippen LogP contribution in [0.5, 0.6) is 0 Å². The van der Waals surface area contributed by atoms with Crippen LogP contribution in [-0.2, 0) is 22.5 Å². The summed E-state index contributed by atoms with van der Waals surface area (Å²) in [5.74, 6) is -0.226. The highest BCUT2D eigenvalue weighted by atomic mass is 19.4. The topological polar surface area (TPSA) is 56.2 Å². The van der Waals surface area contributed by atoms with Crippen molar-refractivity contribution in [2.24, 2.45) is 0 Å². The number of rotatable bonds is 11. The summed E-state index contributed by atoms with van der Waals surface area (Å²) in [7, 11) is 1.66. The molecule has 0 aliphatic heterocycles. The summed E-state index contributed by atoms with van der Waals surface area (Å²) in [5, 5.41) is 7.14. The molecule has 0 atom stereocenters. The molecule has 214 valence electrons. The third-order valence-electron chi connectivity index (χ3n) is 5.06.